The molecule has 0 unspecified atom stereocenters. The number of aliphatic hydroxyl groups excluding tert-OH is 1. The van der Waals surface area contributed by atoms with Gasteiger partial charge in [-0.25, -0.2) is 9.59 Å². The Labute approximate surface area is 242 Å². The van der Waals surface area contributed by atoms with Crippen molar-refractivity contribution in [1.29, 1.82) is 0 Å². The van der Waals surface area contributed by atoms with Crippen molar-refractivity contribution < 1.29 is 34.0 Å². The van der Waals surface area contributed by atoms with E-state index >= 15 is 0 Å². The van der Waals surface area contributed by atoms with Gasteiger partial charge in [0.15, 0.2) is 0 Å². The first-order valence-electron chi connectivity index (χ1n) is 13.8. The Bertz CT molecular complexity index is 1340. The molecule has 3 rings (SSSR count). The molecule has 0 saturated carbocycles. The number of cyclic esters (lactones) is 1. The van der Waals surface area contributed by atoms with Gasteiger partial charge in [-0.1, -0.05) is 53.1 Å². The first-order chi connectivity index (χ1) is 19.6. The number of methoxy groups -OCH3 is 1. The van der Waals surface area contributed by atoms with Crippen molar-refractivity contribution in [3.05, 3.63) is 100 Å². The average Bonchev–Trinajstić information content (AvgIpc) is 3.19. The van der Waals surface area contributed by atoms with Crippen LogP contribution in [0.25, 0.3) is 5.57 Å². The van der Waals surface area contributed by atoms with Gasteiger partial charge in [-0.05, 0) is 94.8 Å². The van der Waals surface area contributed by atoms with Crippen LogP contribution in [0.1, 0.15) is 64.5 Å². The summed E-state index contributed by atoms with van der Waals surface area (Å²) in [5.74, 6) is -1.83. The minimum absolute atomic E-state index is 0.0221. The second-order valence-corrected chi connectivity index (χ2v) is 10.6. The van der Waals surface area contributed by atoms with E-state index in [1.165, 1.54) is 36.0 Å². The predicted octanol–water partition coefficient (Wildman–Crippen LogP) is 7.17. The topological polar surface area (TPSA) is 102 Å². The maximum absolute atomic E-state index is 13.0. The number of aliphatic hydroxyl groups is 1. The number of phenols is 1. The number of aromatic hydroxyl groups is 1. The molecule has 1 heterocycles. The van der Waals surface area contributed by atoms with Crippen molar-refractivity contribution in [3.8, 4) is 11.5 Å². The van der Waals surface area contributed by atoms with E-state index in [1.54, 1.807) is 36.4 Å². The zero-order chi connectivity index (χ0) is 30.0. The number of carbonyl (C=O) groups is 2. The zero-order valence-electron chi connectivity index (χ0n) is 24.5. The number of carbonyl (C=O) groups excluding carboxylic acids is 2. The molecule has 0 fully saturated rings. The molecule has 2 aromatic carbocycles. The van der Waals surface area contributed by atoms with Crippen molar-refractivity contribution in [3.63, 3.8) is 0 Å². The fourth-order valence-corrected chi connectivity index (χ4v) is 4.66. The van der Waals surface area contributed by atoms with Crippen LogP contribution >= 0.6 is 0 Å². The van der Waals surface area contributed by atoms with Gasteiger partial charge in [0.2, 0.25) is 11.4 Å². The minimum atomic E-state index is -1.88. The lowest BCUT2D eigenvalue weighted by Crippen LogP contribution is -2.44. The summed E-state index contributed by atoms with van der Waals surface area (Å²) in [6.45, 7) is 8.91. The molecule has 7 heteroatoms. The number of esters is 2. The molecule has 7 nitrogen and oxygen atoms in total. The summed E-state index contributed by atoms with van der Waals surface area (Å²) < 4.78 is 16.3. The van der Waals surface area contributed by atoms with E-state index < -0.39 is 23.3 Å². The van der Waals surface area contributed by atoms with E-state index in [2.05, 4.69) is 45.9 Å². The lowest BCUT2D eigenvalue weighted by atomic mass is 9.83. The van der Waals surface area contributed by atoms with Crippen LogP contribution in [0.2, 0.25) is 0 Å². The van der Waals surface area contributed by atoms with Crippen molar-refractivity contribution >= 4 is 17.5 Å². The number of allylic oxidation sites excluding steroid dienone is 5. The van der Waals surface area contributed by atoms with Crippen LogP contribution in [0.3, 0.4) is 0 Å². The van der Waals surface area contributed by atoms with E-state index in [0.29, 0.717) is 23.5 Å². The van der Waals surface area contributed by atoms with Gasteiger partial charge in [0.1, 0.15) is 18.1 Å². The monoisotopic (exact) mass is 560 g/mol. The van der Waals surface area contributed by atoms with Crippen LogP contribution in [0, 0.1) is 0 Å². The van der Waals surface area contributed by atoms with E-state index in [0.717, 1.165) is 25.7 Å². The quantitative estimate of drug-likeness (QED) is 0.198. The van der Waals surface area contributed by atoms with Gasteiger partial charge in [-0.2, -0.15) is 0 Å². The second kappa shape index (κ2) is 14.4. The van der Waals surface area contributed by atoms with Crippen molar-refractivity contribution in [2.75, 3.05) is 13.7 Å². The molecule has 0 spiro atoms. The average molecular weight is 561 g/mol. The second-order valence-electron chi connectivity index (χ2n) is 10.6. The molecule has 0 bridgehead atoms. The van der Waals surface area contributed by atoms with Gasteiger partial charge in [0.25, 0.3) is 0 Å². The Morgan fingerprint density at radius 2 is 1.49 bits per heavy atom. The summed E-state index contributed by atoms with van der Waals surface area (Å²) in [5, 5.41) is 20.3. The number of hydrogen-bond donors (Lipinski definition) is 2. The van der Waals surface area contributed by atoms with Crippen LogP contribution in [0.4, 0.5) is 0 Å². The van der Waals surface area contributed by atoms with Gasteiger partial charge in [-0.3, -0.25) is 0 Å². The summed E-state index contributed by atoms with van der Waals surface area (Å²) in [5.41, 5.74) is 3.16. The zero-order valence-corrected chi connectivity index (χ0v) is 24.5. The van der Waals surface area contributed by atoms with Gasteiger partial charge >= 0.3 is 11.9 Å². The smallest absolute Gasteiger partial charge is 0.375 e. The summed E-state index contributed by atoms with van der Waals surface area (Å²) in [4.78, 5) is 25.5. The highest BCUT2D eigenvalue weighted by molar-refractivity contribution is 6.11. The van der Waals surface area contributed by atoms with Crippen LogP contribution in [0.5, 0.6) is 11.5 Å². The Hall–Kier alpha value is -4.26. The molecular weight excluding hydrogens is 520 g/mol. The Morgan fingerprint density at radius 3 is 2.10 bits per heavy atom. The first-order valence-corrected chi connectivity index (χ1v) is 13.8. The highest BCUT2D eigenvalue weighted by Crippen LogP contribution is 2.43. The molecule has 2 N–H and O–H groups in total. The lowest BCUT2D eigenvalue weighted by molar-refractivity contribution is -0.169. The number of ether oxygens (including phenoxy) is 3. The van der Waals surface area contributed by atoms with Crippen LogP contribution in [-0.2, 0) is 25.5 Å². The molecule has 41 heavy (non-hydrogen) atoms. The first kappa shape index (κ1) is 31.3. The molecule has 0 amide bonds. The molecule has 1 aliphatic rings. The molecule has 0 aromatic heterocycles. The summed E-state index contributed by atoms with van der Waals surface area (Å²) >= 11 is 0. The van der Waals surface area contributed by atoms with Gasteiger partial charge in [0, 0.05) is 6.42 Å². The molecule has 218 valence electrons. The Kier molecular flexibility index (Phi) is 11.0. The van der Waals surface area contributed by atoms with Gasteiger partial charge in [-0.15, -0.1) is 0 Å². The van der Waals surface area contributed by atoms with Crippen LogP contribution in [0.15, 0.2) is 89.2 Å². The van der Waals surface area contributed by atoms with E-state index in [4.69, 9.17) is 14.2 Å². The standard InChI is InChI=1S/C34H40O7/c1-23(2)8-6-9-24(3)10-7-11-25(4)20-21-40-29-18-14-27(15-19-29)30-31(36)32(37)41-34(30,33(38)39-5)22-26-12-16-28(35)17-13-26/h8,10,12-20,35-36H,6-7,9,11,21-22H2,1-5H3/b24-10+,25-20+/t34-/m1/s1. The Morgan fingerprint density at radius 1 is 0.878 bits per heavy atom. The van der Waals surface area contributed by atoms with Crippen molar-refractivity contribution in [2.45, 2.75) is 65.4 Å². The van der Waals surface area contributed by atoms with Gasteiger partial charge in [0.05, 0.1) is 12.7 Å². The normalized spacial score (nSPS) is 17.3. The molecule has 0 radical (unpaired) electrons. The Balaban J connectivity index is 1.67. The van der Waals surface area contributed by atoms with Crippen LogP contribution in [-0.4, -0.2) is 41.5 Å². The molecule has 2 aromatic rings. The third-order valence-corrected chi connectivity index (χ3v) is 6.95. The SMILES string of the molecule is COC(=O)[C@]1(Cc2ccc(O)cc2)OC(=O)C(O)=C1c1ccc(OC/C=C(\C)CC/C=C(\C)CCC=C(C)C)cc1. The van der Waals surface area contributed by atoms with Gasteiger partial charge < -0.3 is 24.4 Å². The molecule has 0 aliphatic carbocycles. The number of rotatable bonds is 13. The maximum atomic E-state index is 13.0. The predicted molar refractivity (Wildman–Crippen MR) is 160 cm³/mol. The minimum Gasteiger partial charge on any atom is -0.508 e. The van der Waals surface area contributed by atoms with Crippen LogP contribution < -0.4 is 4.74 Å². The largest absolute Gasteiger partial charge is 0.508 e. The maximum Gasteiger partial charge on any atom is 0.375 e. The highest BCUT2D eigenvalue weighted by Gasteiger charge is 2.55. The van der Waals surface area contributed by atoms with E-state index in [9.17, 15) is 19.8 Å². The van der Waals surface area contributed by atoms with Crippen molar-refractivity contribution in [2.24, 2.45) is 0 Å². The molecular formula is C34H40O7. The lowest BCUT2D eigenvalue weighted by Gasteiger charge is -2.28. The number of phenolic OH excluding ortho intramolecular Hbond substituents is 1. The number of benzene rings is 2. The number of hydrogen-bond acceptors (Lipinski definition) is 7. The van der Waals surface area contributed by atoms with E-state index in [-0.39, 0.29) is 17.7 Å². The third kappa shape index (κ3) is 8.37. The molecule has 1 atom stereocenters. The fourth-order valence-electron chi connectivity index (χ4n) is 4.66. The summed E-state index contributed by atoms with van der Waals surface area (Å²) in [7, 11) is 1.19. The fraction of sp³-hybridized carbons (Fsp3) is 0.353. The summed E-state index contributed by atoms with van der Waals surface area (Å²) in [6, 6.07) is 12.9. The summed E-state index contributed by atoms with van der Waals surface area (Å²) in [6.07, 6.45) is 10.6. The third-order valence-electron chi connectivity index (χ3n) is 6.95. The molecule has 0 saturated heterocycles. The van der Waals surface area contributed by atoms with Crippen molar-refractivity contribution in [1.82, 2.24) is 0 Å². The highest BCUT2D eigenvalue weighted by atomic mass is 16.6. The van der Waals surface area contributed by atoms with E-state index in [1.807, 2.05) is 0 Å². The molecule has 1 aliphatic heterocycles.